The molecular formula is C34H47N3O13. The summed E-state index contributed by atoms with van der Waals surface area (Å²) >= 11 is 0. The van der Waals surface area contributed by atoms with E-state index in [0.29, 0.717) is 0 Å². The van der Waals surface area contributed by atoms with Crippen molar-refractivity contribution in [1.29, 1.82) is 0 Å². The first kappa shape index (κ1) is 37.6. The highest BCUT2D eigenvalue weighted by molar-refractivity contribution is 5.96. The lowest BCUT2D eigenvalue weighted by atomic mass is 9.62. The SMILES string of the molecule is CC(O)C(NC(=O)C12CC3OC(=O)C1N(Cc1ccccc1C=COCCO)OC2C1OCOC31)C(=O)NC(CO)CCC(=O)OC(C)(C)C. The Morgan fingerprint density at radius 1 is 1.14 bits per heavy atom. The molecule has 1 saturated carbocycles. The summed E-state index contributed by atoms with van der Waals surface area (Å²) in [7, 11) is 0. The molecule has 3 saturated heterocycles. The minimum atomic E-state index is -1.61. The van der Waals surface area contributed by atoms with Gasteiger partial charge in [-0.05, 0) is 51.3 Å². The average molecular weight is 706 g/mol. The Morgan fingerprint density at radius 2 is 1.88 bits per heavy atom. The van der Waals surface area contributed by atoms with Crippen molar-refractivity contribution in [2.45, 2.75) is 108 Å². The molecule has 0 spiro atoms. The minimum absolute atomic E-state index is 0.000778. The van der Waals surface area contributed by atoms with E-state index in [1.807, 2.05) is 24.3 Å². The number of rotatable bonds is 15. The van der Waals surface area contributed by atoms with Crippen LogP contribution in [0.4, 0.5) is 0 Å². The number of aliphatic hydroxyl groups is 3. The molecule has 9 unspecified atom stereocenters. The number of hydroxylamine groups is 2. The van der Waals surface area contributed by atoms with Crippen LogP contribution in [0.15, 0.2) is 30.5 Å². The van der Waals surface area contributed by atoms with Crippen LogP contribution in [0.5, 0.6) is 0 Å². The van der Waals surface area contributed by atoms with Gasteiger partial charge in [-0.15, -0.1) is 0 Å². The summed E-state index contributed by atoms with van der Waals surface area (Å²) in [4.78, 5) is 60.5. The number of carbonyl (C=O) groups excluding carboxylic acids is 4. The number of aliphatic hydroxyl groups excluding tert-OH is 3. The Kier molecular flexibility index (Phi) is 11.8. The van der Waals surface area contributed by atoms with Gasteiger partial charge in [-0.3, -0.25) is 24.0 Å². The molecule has 1 aliphatic carbocycles. The van der Waals surface area contributed by atoms with E-state index in [1.54, 1.807) is 26.8 Å². The van der Waals surface area contributed by atoms with Crippen molar-refractivity contribution in [3.8, 4) is 0 Å². The topological polar surface area (TPSA) is 212 Å². The molecule has 2 amide bonds. The third-order valence-corrected chi connectivity index (χ3v) is 9.16. The van der Waals surface area contributed by atoms with Crippen molar-refractivity contribution in [1.82, 2.24) is 15.7 Å². The predicted molar refractivity (Wildman–Crippen MR) is 172 cm³/mol. The molecule has 5 rings (SSSR count). The molecule has 4 aliphatic rings. The molecule has 9 atom stereocenters. The number of nitrogens with zero attached hydrogens (tertiary/aromatic N) is 1. The number of carbonyl (C=O) groups is 4. The smallest absolute Gasteiger partial charge is 0.327 e. The van der Waals surface area contributed by atoms with Gasteiger partial charge in [-0.1, -0.05) is 24.3 Å². The zero-order valence-corrected chi connectivity index (χ0v) is 28.6. The number of ether oxygens (including phenoxy) is 5. The summed E-state index contributed by atoms with van der Waals surface area (Å²) < 4.78 is 28.0. The number of benzene rings is 1. The molecule has 5 N–H and O–H groups in total. The second-order valence-corrected chi connectivity index (χ2v) is 13.9. The lowest BCUT2D eigenvalue weighted by molar-refractivity contribution is -0.201. The fourth-order valence-electron chi connectivity index (χ4n) is 6.95. The average Bonchev–Trinajstić information content (AvgIpc) is 3.68. The van der Waals surface area contributed by atoms with E-state index < -0.39 is 90.0 Å². The van der Waals surface area contributed by atoms with E-state index in [-0.39, 0.29) is 45.8 Å². The summed E-state index contributed by atoms with van der Waals surface area (Å²) in [5.74, 6) is -2.75. The largest absolute Gasteiger partial charge is 0.499 e. The van der Waals surface area contributed by atoms with Crippen molar-refractivity contribution < 1.29 is 63.0 Å². The molecule has 2 bridgehead atoms. The second kappa shape index (κ2) is 15.7. The number of nitrogens with one attached hydrogen (secondary N) is 2. The Labute approximate surface area is 289 Å². The third-order valence-electron chi connectivity index (χ3n) is 9.16. The van der Waals surface area contributed by atoms with Gasteiger partial charge in [0.2, 0.25) is 11.8 Å². The molecule has 276 valence electrons. The van der Waals surface area contributed by atoms with Crippen LogP contribution < -0.4 is 10.6 Å². The van der Waals surface area contributed by atoms with Crippen LogP contribution in [0.2, 0.25) is 0 Å². The fourth-order valence-corrected chi connectivity index (χ4v) is 6.95. The highest BCUT2D eigenvalue weighted by Gasteiger charge is 2.74. The molecule has 0 aromatic heterocycles. The molecule has 50 heavy (non-hydrogen) atoms. The van der Waals surface area contributed by atoms with Crippen LogP contribution in [0.25, 0.3) is 6.08 Å². The van der Waals surface area contributed by atoms with Crippen LogP contribution in [0.3, 0.4) is 0 Å². The van der Waals surface area contributed by atoms with Gasteiger partial charge >= 0.3 is 11.9 Å². The Morgan fingerprint density at radius 3 is 2.58 bits per heavy atom. The van der Waals surface area contributed by atoms with Crippen LogP contribution >= 0.6 is 0 Å². The monoisotopic (exact) mass is 705 g/mol. The molecule has 0 radical (unpaired) electrons. The van der Waals surface area contributed by atoms with Crippen LogP contribution in [0, 0.1) is 5.41 Å². The van der Waals surface area contributed by atoms with E-state index in [9.17, 15) is 29.4 Å². The maximum atomic E-state index is 14.5. The zero-order chi connectivity index (χ0) is 36.2. The summed E-state index contributed by atoms with van der Waals surface area (Å²) in [6, 6.07) is 3.66. The molecule has 1 aromatic rings. The standard InChI is InChI=1S/C34H47N3O13/c1-19(40)25(30(42)35-22(17-39)9-10-24(41)49-33(2,3)4)36-32(44)34-15-23-26-27(47-18-46-26)29(34)50-37(28(34)31(43)48-23)16-21-8-6-5-7-20(21)11-13-45-14-12-38/h5-8,11,13,19,22-23,25-29,38-40H,9-10,12,14-18H2,1-4H3,(H,35,42)(H,36,44). The number of esters is 2. The molecule has 4 fully saturated rings. The van der Waals surface area contributed by atoms with E-state index in [1.165, 1.54) is 18.2 Å². The van der Waals surface area contributed by atoms with Gasteiger partial charge in [-0.2, -0.15) is 5.06 Å². The first-order valence-electron chi connectivity index (χ1n) is 16.7. The lowest BCUT2D eigenvalue weighted by Gasteiger charge is -2.49. The molecule has 3 aliphatic heterocycles. The summed E-state index contributed by atoms with van der Waals surface area (Å²) in [5.41, 5.74) is -0.851. The van der Waals surface area contributed by atoms with Gasteiger partial charge < -0.3 is 49.6 Å². The molecule has 3 heterocycles. The molecular weight excluding hydrogens is 658 g/mol. The van der Waals surface area contributed by atoms with E-state index in [4.69, 9.17) is 33.6 Å². The molecule has 16 heteroatoms. The highest BCUT2D eigenvalue weighted by Crippen LogP contribution is 2.55. The van der Waals surface area contributed by atoms with Crippen molar-refractivity contribution in [2.75, 3.05) is 26.6 Å². The fraction of sp³-hybridized carbons (Fsp3) is 0.647. The van der Waals surface area contributed by atoms with Gasteiger partial charge in [0.1, 0.15) is 54.9 Å². The van der Waals surface area contributed by atoms with Crippen LogP contribution in [-0.4, -0.2) is 125 Å². The van der Waals surface area contributed by atoms with E-state index in [2.05, 4.69) is 10.6 Å². The molecule has 16 nitrogen and oxygen atoms in total. The normalized spacial score (nSPS) is 29.1. The van der Waals surface area contributed by atoms with E-state index in [0.717, 1.165) is 11.1 Å². The predicted octanol–water partition coefficient (Wildman–Crippen LogP) is -0.328. The van der Waals surface area contributed by atoms with E-state index >= 15 is 0 Å². The van der Waals surface area contributed by atoms with Crippen molar-refractivity contribution >= 4 is 29.8 Å². The number of hydrogen-bond donors (Lipinski definition) is 5. The highest BCUT2D eigenvalue weighted by atomic mass is 16.8. The maximum absolute atomic E-state index is 14.5. The third kappa shape index (κ3) is 7.96. The van der Waals surface area contributed by atoms with Crippen molar-refractivity contribution in [3.05, 3.63) is 41.7 Å². The zero-order valence-electron chi connectivity index (χ0n) is 28.6. The quantitative estimate of drug-likeness (QED) is 0.0899. The Hall–Kier alpha value is -3.64. The first-order valence-corrected chi connectivity index (χ1v) is 16.7. The number of amides is 2. The summed E-state index contributed by atoms with van der Waals surface area (Å²) in [6.45, 7) is 5.91. The summed E-state index contributed by atoms with van der Waals surface area (Å²) in [6.07, 6.45) is -1.60. The minimum Gasteiger partial charge on any atom is -0.499 e. The Bertz CT molecular complexity index is 1430. The van der Waals surface area contributed by atoms with Gasteiger partial charge in [0.05, 0.1) is 38.2 Å². The van der Waals surface area contributed by atoms with Crippen LogP contribution in [-0.2, 0) is 54.2 Å². The maximum Gasteiger partial charge on any atom is 0.327 e. The lowest BCUT2D eigenvalue weighted by Crippen LogP contribution is -2.71. The number of hydrogen-bond acceptors (Lipinski definition) is 14. The van der Waals surface area contributed by atoms with Gasteiger partial charge in [0, 0.05) is 12.8 Å². The van der Waals surface area contributed by atoms with Crippen LogP contribution in [0.1, 0.15) is 58.1 Å². The van der Waals surface area contributed by atoms with Crippen molar-refractivity contribution in [2.24, 2.45) is 5.41 Å². The van der Waals surface area contributed by atoms with Gasteiger partial charge in [0.25, 0.3) is 0 Å². The number of fused-ring (bicyclic) bond motifs is 4. The van der Waals surface area contributed by atoms with Gasteiger partial charge in [-0.25, -0.2) is 0 Å². The van der Waals surface area contributed by atoms with Gasteiger partial charge in [0.15, 0.2) is 6.04 Å². The molecule has 1 aromatic carbocycles. The second-order valence-electron chi connectivity index (χ2n) is 13.9. The summed E-state index contributed by atoms with van der Waals surface area (Å²) in [5, 5.41) is 36.3. The first-order chi connectivity index (χ1) is 23.8. The Balaban J connectivity index is 1.38. The van der Waals surface area contributed by atoms with Crippen molar-refractivity contribution in [3.63, 3.8) is 0 Å².